The van der Waals surface area contributed by atoms with Gasteiger partial charge < -0.3 is 19.7 Å². The number of hydrogen-bond acceptors (Lipinski definition) is 4. The summed E-state index contributed by atoms with van der Waals surface area (Å²) >= 11 is 0. The van der Waals surface area contributed by atoms with Crippen LogP contribution in [-0.2, 0) is 28.9 Å². The predicted molar refractivity (Wildman–Crippen MR) is 146 cm³/mol. The van der Waals surface area contributed by atoms with E-state index in [1.165, 1.54) is 5.56 Å². The van der Waals surface area contributed by atoms with E-state index >= 15 is 0 Å². The normalized spacial score (nSPS) is 15.2. The number of carbonyl (C=O) groups excluding carboxylic acids is 2. The summed E-state index contributed by atoms with van der Waals surface area (Å²) in [5.74, 6) is 0.437. The van der Waals surface area contributed by atoms with Crippen molar-refractivity contribution in [3.63, 3.8) is 0 Å². The average molecular weight is 501 g/mol. The maximum absolute atomic E-state index is 13.3. The van der Waals surface area contributed by atoms with Crippen LogP contribution in [-0.4, -0.2) is 35.2 Å². The molecule has 194 valence electrons. The van der Waals surface area contributed by atoms with E-state index in [9.17, 15) is 9.59 Å². The van der Waals surface area contributed by atoms with E-state index < -0.39 is 5.60 Å². The van der Waals surface area contributed by atoms with Gasteiger partial charge in [-0.15, -0.1) is 0 Å². The number of anilines is 1. The van der Waals surface area contributed by atoms with Crippen LogP contribution in [0, 0.1) is 0 Å². The number of hydrogen-bond donors (Lipinski definition) is 1. The van der Waals surface area contributed by atoms with Crippen molar-refractivity contribution < 1.29 is 19.1 Å². The third-order valence-electron chi connectivity index (χ3n) is 6.31. The minimum atomic E-state index is -0.573. The Balaban J connectivity index is 1.48. The molecule has 3 aromatic carbocycles. The summed E-state index contributed by atoms with van der Waals surface area (Å²) in [7, 11) is 0. The summed E-state index contributed by atoms with van der Waals surface area (Å²) in [5, 5.41) is 2.84. The summed E-state index contributed by atoms with van der Waals surface area (Å²) in [6.07, 6.45) is 3.21. The Kier molecular flexibility index (Phi) is 8.49. The van der Waals surface area contributed by atoms with Gasteiger partial charge in [-0.3, -0.25) is 4.79 Å². The third kappa shape index (κ3) is 7.84. The molecule has 0 saturated carbocycles. The molecule has 0 spiro atoms. The van der Waals surface area contributed by atoms with Crippen LogP contribution < -0.4 is 10.1 Å². The van der Waals surface area contributed by atoms with Crippen LogP contribution in [0.2, 0.25) is 0 Å². The maximum Gasteiger partial charge on any atom is 0.410 e. The molecule has 0 radical (unpaired) electrons. The Morgan fingerprint density at radius 3 is 2.35 bits per heavy atom. The molecule has 2 amide bonds. The van der Waals surface area contributed by atoms with Gasteiger partial charge in [-0.2, -0.15) is 0 Å². The van der Waals surface area contributed by atoms with Crippen molar-refractivity contribution in [3.05, 3.63) is 95.6 Å². The third-order valence-corrected chi connectivity index (χ3v) is 6.31. The SMILES string of the molecule is CC(C)(C)OC(=O)N(Cc1ccccc1)C1CCCc2ccc(OCC(=O)Nc3ccccc3)cc2C1. The minimum Gasteiger partial charge on any atom is -0.484 e. The van der Waals surface area contributed by atoms with Gasteiger partial charge in [0, 0.05) is 18.3 Å². The second-order valence-electron chi connectivity index (χ2n) is 10.5. The van der Waals surface area contributed by atoms with Crippen LogP contribution in [0.15, 0.2) is 78.9 Å². The fourth-order valence-corrected chi connectivity index (χ4v) is 4.59. The molecular weight excluding hydrogens is 464 g/mol. The van der Waals surface area contributed by atoms with Gasteiger partial charge in [-0.1, -0.05) is 54.6 Å². The summed E-state index contributed by atoms with van der Waals surface area (Å²) < 4.78 is 11.6. The fraction of sp³-hybridized carbons (Fsp3) is 0.355. The highest BCUT2D eigenvalue weighted by atomic mass is 16.6. The Morgan fingerprint density at radius 1 is 0.946 bits per heavy atom. The number of nitrogens with one attached hydrogen (secondary N) is 1. The molecule has 0 bridgehead atoms. The molecule has 0 saturated heterocycles. The highest BCUT2D eigenvalue weighted by molar-refractivity contribution is 5.91. The van der Waals surface area contributed by atoms with Crippen LogP contribution in [0.25, 0.3) is 0 Å². The molecule has 0 heterocycles. The van der Waals surface area contributed by atoms with Crippen LogP contribution >= 0.6 is 0 Å². The van der Waals surface area contributed by atoms with Gasteiger partial charge in [-0.05, 0) is 87.4 Å². The molecule has 0 aromatic heterocycles. The standard InChI is InChI=1S/C31H36N2O4/c1-31(2,3)37-30(35)33(21-23-11-6-4-7-12-23)27-16-10-13-24-17-18-28(20-25(24)19-27)36-22-29(34)32-26-14-8-5-9-15-26/h4-9,11-12,14-15,17-18,20,27H,10,13,16,19,21-22H2,1-3H3,(H,32,34). The lowest BCUT2D eigenvalue weighted by Crippen LogP contribution is -2.43. The van der Waals surface area contributed by atoms with Crippen LogP contribution in [0.3, 0.4) is 0 Å². The molecule has 4 rings (SSSR count). The largest absolute Gasteiger partial charge is 0.484 e. The summed E-state index contributed by atoms with van der Waals surface area (Å²) in [6, 6.07) is 25.4. The van der Waals surface area contributed by atoms with E-state index in [2.05, 4.69) is 11.4 Å². The van der Waals surface area contributed by atoms with Crippen molar-refractivity contribution in [2.24, 2.45) is 0 Å². The minimum absolute atomic E-state index is 0.00654. The number of ether oxygens (including phenoxy) is 2. The lowest BCUT2D eigenvalue weighted by molar-refractivity contribution is -0.118. The van der Waals surface area contributed by atoms with Gasteiger partial charge >= 0.3 is 6.09 Å². The summed E-state index contributed by atoms with van der Waals surface area (Å²) in [6.45, 7) is 6.10. The molecule has 1 N–H and O–H groups in total. The first-order chi connectivity index (χ1) is 17.8. The number of rotatable bonds is 7. The molecule has 1 atom stereocenters. The van der Waals surface area contributed by atoms with Gasteiger partial charge in [0.15, 0.2) is 6.61 Å². The number of benzene rings is 3. The molecule has 6 nitrogen and oxygen atoms in total. The van der Waals surface area contributed by atoms with Gasteiger partial charge in [0.2, 0.25) is 0 Å². The van der Waals surface area contributed by atoms with E-state index in [0.717, 1.165) is 36.1 Å². The molecule has 1 aliphatic rings. The lowest BCUT2D eigenvalue weighted by atomic mass is 10.0. The molecule has 1 aliphatic carbocycles. The topological polar surface area (TPSA) is 67.9 Å². The highest BCUT2D eigenvalue weighted by Gasteiger charge is 2.30. The second kappa shape index (κ2) is 12.0. The summed E-state index contributed by atoms with van der Waals surface area (Å²) in [4.78, 5) is 27.5. The number of carbonyl (C=O) groups is 2. The zero-order valence-electron chi connectivity index (χ0n) is 21.9. The average Bonchev–Trinajstić information content (AvgIpc) is 3.08. The Labute approximate surface area is 219 Å². The zero-order valence-corrected chi connectivity index (χ0v) is 21.9. The van der Waals surface area contributed by atoms with E-state index in [4.69, 9.17) is 9.47 Å². The molecule has 37 heavy (non-hydrogen) atoms. The van der Waals surface area contributed by atoms with Gasteiger partial charge in [0.25, 0.3) is 5.91 Å². The highest BCUT2D eigenvalue weighted by Crippen LogP contribution is 2.29. The number of nitrogens with zero attached hydrogens (tertiary/aromatic N) is 1. The molecule has 1 unspecified atom stereocenters. The monoisotopic (exact) mass is 500 g/mol. The van der Waals surface area contributed by atoms with Crippen molar-refractivity contribution in [2.45, 2.75) is 64.6 Å². The van der Waals surface area contributed by atoms with Crippen molar-refractivity contribution >= 4 is 17.7 Å². The van der Waals surface area contributed by atoms with Crippen molar-refractivity contribution in [2.75, 3.05) is 11.9 Å². The first-order valence-electron chi connectivity index (χ1n) is 12.9. The Bertz CT molecular complexity index is 1190. The van der Waals surface area contributed by atoms with E-state index in [1.54, 1.807) is 0 Å². The number of amides is 2. The molecule has 3 aromatic rings. The Morgan fingerprint density at radius 2 is 1.65 bits per heavy atom. The quantitative estimate of drug-likeness (QED) is 0.382. The second-order valence-corrected chi connectivity index (χ2v) is 10.5. The zero-order chi connectivity index (χ0) is 26.3. The van der Waals surface area contributed by atoms with E-state index in [1.807, 2.05) is 98.5 Å². The molecule has 6 heteroatoms. The van der Waals surface area contributed by atoms with Crippen LogP contribution in [0.4, 0.5) is 10.5 Å². The molecule has 0 fully saturated rings. The molecule has 0 aliphatic heterocycles. The van der Waals surface area contributed by atoms with E-state index in [0.29, 0.717) is 18.7 Å². The Hall–Kier alpha value is -3.80. The van der Waals surface area contributed by atoms with Gasteiger partial charge in [-0.25, -0.2) is 4.79 Å². The number of aryl methyl sites for hydroxylation is 1. The van der Waals surface area contributed by atoms with Crippen LogP contribution in [0.1, 0.15) is 50.3 Å². The van der Waals surface area contributed by atoms with Gasteiger partial charge in [0.05, 0.1) is 0 Å². The van der Waals surface area contributed by atoms with Gasteiger partial charge in [0.1, 0.15) is 11.4 Å². The molecular formula is C31H36N2O4. The fourth-order valence-electron chi connectivity index (χ4n) is 4.59. The first kappa shape index (κ1) is 26.3. The maximum atomic E-state index is 13.3. The first-order valence-corrected chi connectivity index (χ1v) is 12.9. The lowest BCUT2D eigenvalue weighted by Gasteiger charge is -2.33. The smallest absolute Gasteiger partial charge is 0.410 e. The predicted octanol–water partition coefficient (Wildman–Crippen LogP) is 6.39. The van der Waals surface area contributed by atoms with Crippen molar-refractivity contribution in [1.29, 1.82) is 0 Å². The number of para-hydroxylation sites is 1. The summed E-state index contributed by atoms with van der Waals surface area (Å²) in [5.41, 5.74) is 3.63. The van der Waals surface area contributed by atoms with Crippen molar-refractivity contribution in [1.82, 2.24) is 4.90 Å². The van der Waals surface area contributed by atoms with E-state index in [-0.39, 0.29) is 24.6 Å². The van der Waals surface area contributed by atoms with Crippen LogP contribution in [0.5, 0.6) is 5.75 Å². The number of fused-ring (bicyclic) bond motifs is 1. The van der Waals surface area contributed by atoms with Crippen molar-refractivity contribution in [3.8, 4) is 5.75 Å².